The van der Waals surface area contributed by atoms with Crippen LogP contribution in [0.3, 0.4) is 0 Å². The van der Waals surface area contributed by atoms with E-state index in [1.807, 2.05) is 4.90 Å². The maximum absolute atomic E-state index is 13.5. The summed E-state index contributed by atoms with van der Waals surface area (Å²) in [5.74, 6) is -0.159. The molecular formula is C23H28F3N5O2. The van der Waals surface area contributed by atoms with Gasteiger partial charge in [0.25, 0.3) is 0 Å². The first-order valence-electron chi connectivity index (χ1n) is 11.5. The number of carbonyl (C=O) groups is 1. The summed E-state index contributed by atoms with van der Waals surface area (Å²) in [5.41, 5.74) is 3.58. The van der Waals surface area contributed by atoms with Gasteiger partial charge in [0.1, 0.15) is 5.75 Å². The second-order valence-electron chi connectivity index (χ2n) is 9.59. The molecule has 1 aromatic carbocycles. The number of ether oxygens (including phenoxy) is 1. The Morgan fingerprint density at radius 2 is 2.00 bits per heavy atom. The number of nitrogens with zero attached hydrogens (tertiary/aromatic N) is 3. The maximum Gasteiger partial charge on any atom is 0.573 e. The van der Waals surface area contributed by atoms with Gasteiger partial charge in [0.2, 0.25) is 5.91 Å². The van der Waals surface area contributed by atoms with Crippen molar-refractivity contribution in [2.24, 2.45) is 11.3 Å². The number of amides is 1. The number of carbonyl (C=O) groups excluding carboxylic acids is 1. The SMILES string of the molecule is Cc1cc(OC(F)(F)F)ccc1CC1N(C(=O)C2CCc3n[nH]nc3C2)CC12CCNCC2. The van der Waals surface area contributed by atoms with Gasteiger partial charge in [0.05, 0.1) is 11.4 Å². The Morgan fingerprint density at radius 3 is 2.73 bits per heavy atom. The van der Waals surface area contributed by atoms with Crippen LogP contribution >= 0.6 is 0 Å². The van der Waals surface area contributed by atoms with Gasteiger partial charge in [-0.05, 0) is 75.4 Å². The molecule has 1 aromatic heterocycles. The molecule has 3 aliphatic rings. The molecule has 33 heavy (non-hydrogen) atoms. The van der Waals surface area contributed by atoms with Gasteiger partial charge >= 0.3 is 6.36 Å². The van der Waals surface area contributed by atoms with Crippen molar-refractivity contribution in [2.45, 2.75) is 57.9 Å². The molecule has 2 aromatic rings. The number of aromatic nitrogens is 3. The van der Waals surface area contributed by atoms with Crippen LogP contribution in [0.25, 0.3) is 0 Å². The van der Waals surface area contributed by atoms with Crippen LogP contribution in [-0.4, -0.2) is 58.3 Å². The Hall–Kier alpha value is -2.62. The predicted octanol–water partition coefficient (Wildman–Crippen LogP) is 2.94. The molecule has 1 amide bonds. The topological polar surface area (TPSA) is 83.1 Å². The molecule has 178 valence electrons. The fourth-order valence-electron chi connectivity index (χ4n) is 5.78. The molecule has 2 unspecified atom stereocenters. The Balaban J connectivity index is 1.35. The zero-order valence-corrected chi connectivity index (χ0v) is 18.5. The van der Waals surface area contributed by atoms with E-state index in [0.717, 1.165) is 67.8 Å². The highest BCUT2D eigenvalue weighted by Crippen LogP contribution is 2.47. The Labute approximate surface area is 190 Å². The average Bonchev–Trinajstić information content (AvgIpc) is 3.24. The van der Waals surface area contributed by atoms with Crippen LogP contribution in [0.4, 0.5) is 13.2 Å². The van der Waals surface area contributed by atoms with E-state index >= 15 is 0 Å². The predicted molar refractivity (Wildman–Crippen MR) is 114 cm³/mol. The zero-order valence-electron chi connectivity index (χ0n) is 18.5. The lowest BCUT2D eigenvalue weighted by Crippen LogP contribution is -2.70. The van der Waals surface area contributed by atoms with Crippen LogP contribution in [0.1, 0.15) is 41.8 Å². The smallest absolute Gasteiger partial charge is 0.406 e. The molecular weight excluding hydrogens is 435 g/mol. The highest BCUT2D eigenvalue weighted by molar-refractivity contribution is 5.81. The first-order chi connectivity index (χ1) is 15.7. The van der Waals surface area contributed by atoms with Crippen LogP contribution < -0.4 is 10.1 Å². The zero-order chi connectivity index (χ0) is 23.2. The van der Waals surface area contributed by atoms with Gasteiger partial charge in [0, 0.05) is 30.3 Å². The normalized spacial score (nSPS) is 24.3. The number of fused-ring (bicyclic) bond motifs is 1. The van der Waals surface area contributed by atoms with E-state index < -0.39 is 6.36 Å². The highest BCUT2D eigenvalue weighted by atomic mass is 19.4. The third kappa shape index (κ3) is 4.32. The quantitative estimate of drug-likeness (QED) is 0.729. The minimum Gasteiger partial charge on any atom is -0.406 e. The summed E-state index contributed by atoms with van der Waals surface area (Å²) in [5, 5.41) is 14.4. The van der Waals surface area contributed by atoms with Gasteiger partial charge < -0.3 is 15.0 Å². The van der Waals surface area contributed by atoms with Gasteiger partial charge in [-0.3, -0.25) is 4.79 Å². The van der Waals surface area contributed by atoms with E-state index in [4.69, 9.17) is 0 Å². The summed E-state index contributed by atoms with van der Waals surface area (Å²) >= 11 is 0. The summed E-state index contributed by atoms with van der Waals surface area (Å²) in [7, 11) is 0. The first-order valence-corrected chi connectivity index (χ1v) is 11.5. The van der Waals surface area contributed by atoms with Crippen molar-refractivity contribution >= 4 is 5.91 Å². The van der Waals surface area contributed by atoms with E-state index in [1.165, 1.54) is 12.1 Å². The van der Waals surface area contributed by atoms with Crippen molar-refractivity contribution in [2.75, 3.05) is 19.6 Å². The molecule has 2 fully saturated rings. The lowest BCUT2D eigenvalue weighted by Gasteiger charge is -2.60. The Kier molecular flexibility index (Phi) is 5.58. The third-order valence-electron chi connectivity index (χ3n) is 7.63. The lowest BCUT2D eigenvalue weighted by molar-refractivity contribution is -0.274. The molecule has 5 rings (SSSR count). The second-order valence-corrected chi connectivity index (χ2v) is 9.59. The molecule has 3 heterocycles. The number of hydrogen-bond donors (Lipinski definition) is 2. The van der Waals surface area contributed by atoms with E-state index in [2.05, 4.69) is 25.5 Å². The molecule has 1 aliphatic carbocycles. The number of benzene rings is 1. The number of halogens is 3. The summed E-state index contributed by atoms with van der Waals surface area (Å²) in [6.45, 7) is 4.38. The number of rotatable bonds is 4. The number of aromatic amines is 1. The van der Waals surface area contributed by atoms with Crippen LogP contribution in [0.2, 0.25) is 0 Å². The van der Waals surface area contributed by atoms with Crippen LogP contribution in [0, 0.1) is 18.3 Å². The first kappa shape index (κ1) is 22.2. The fourth-order valence-corrected chi connectivity index (χ4v) is 5.78. The van der Waals surface area contributed by atoms with Crippen molar-refractivity contribution < 1.29 is 22.7 Å². The van der Waals surface area contributed by atoms with Crippen LogP contribution in [0.5, 0.6) is 5.75 Å². The monoisotopic (exact) mass is 463 g/mol. The van der Waals surface area contributed by atoms with E-state index in [-0.39, 0.29) is 29.0 Å². The molecule has 2 atom stereocenters. The van der Waals surface area contributed by atoms with Crippen molar-refractivity contribution in [1.82, 2.24) is 25.6 Å². The fraction of sp³-hybridized carbons (Fsp3) is 0.609. The Bertz CT molecular complexity index is 1030. The van der Waals surface area contributed by atoms with Crippen molar-refractivity contribution in [1.29, 1.82) is 0 Å². The minimum atomic E-state index is -4.71. The van der Waals surface area contributed by atoms with Gasteiger partial charge in [-0.15, -0.1) is 13.2 Å². The molecule has 0 radical (unpaired) electrons. The summed E-state index contributed by atoms with van der Waals surface area (Å²) in [6.07, 6.45) is 0.0146. The van der Waals surface area contributed by atoms with Crippen molar-refractivity contribution in [3.05, 3.63) is 40.7 Å². The minimum absolute atomic E-state index is 0.0406. The van der Waals surface area contributed by atoms with Gasteiger partial charge in [-0.1, -0.05) is 6.07 Å². The molecule has 0 saturated carbocycles. The standard InChI is InChI=1S/C23H28F3N5O2/c1-14-10-17(33-23(24,25)26)4-2-15(14)12-20-22(6-8-27-9-7-22)13-31(20)21(32)16-3-5-18-19(11-16)29-30-28-18/h2,4,10,16,20,27H,3,5-9,11-13H2,1H3,(H,28,29,30). The van der Waals surface area contributed by atoms with Crippen molar-refractivity contribution in [3.63, 3.8) is 0 Å². The molecule has 2 aliphatic heterocycles. The maximum atomic E-state index is 13.5. The highest BCUT2D eigenvalue weighted by Gasteiger charge is 2.55. The molecule has 7 nitrogen and oxygen atoms in total. The molecule has 2 N–H and O–H groups in total. The average molecular weight is 464 g/mol. The summed E-state index contributed by atoms with van der Waals surface area (Å²) in [6, 6.07) is 4.53. The number of H-pyrrole nitrogens is 1. The Morgan fingerprint density at radius 1 is 1.24 bits per heavy atom. The number of aryl methyl sites for hydroxylation is 2. The number of nitrogens with one attached hydrogen (secondary N) is 2. The van der Waals surface area contributed by atoms with E-state index in [0.29, 0.717) is 12.8 Å². The lowest BCUT2D eigenvalue weighted by atomic mass is 9.63. The van der Waals surface area contributed by atoms with E-state index in [9.17, 15) is 18.0 Å². The number of hydrogen-bond acceptors (Lipinski definition) is 5. The van der Waals surface area contributed by atoms with Crippen LogP contribution in [-0.2, 0) is 24.1 Å². The number of likely N-dealkylation sites (tertiary alicyclic amines) is 1. The van der Waals surface area contributed by atoms with Gasteiger partial charge in [-0.25, -0.2) is 0 Å². The number of alkyl halides is 3. The summed E-state index contributed by atoms with van der Waals surface area (Å²) < 4.78 is 41.8. The van der Waals surface area contributed by atoms with Crippen molar-refractivity contribution in [3.8, 4) is 5.75 Å². The third-order valence-corrected chi connectivity index (χ3v) is 7.63. The summed E-state index contributed by atoms with van der Waals surface area (Å²) in [4.78, 5) is 15.6. The molecule has 10 heteroatoms. The van der Waals surface area contributed by atoms with Gasteiger partial charge in [-0.2, -0.15) is 15.4 Å². The molecule has 1 spiro atoms. The number of piperidine rings is 1. The molecule has 0 bridgehead atoms. The second kappa shape index (κ2) is 8.30. The largest absolute Gasteiger partial charge is 0.573 e. The van der Waals surface area contributed by atoms with Crippen LogP contribution in [0.15, 0.2) is 18.2 Å². The van der Waals surface area contributed by atoms with Gasteiger partial charge in [0.15, 0.2) is 0 Å². The molecule has 2 saturated heterocycles. The van der Waals surface area contributed by atoms with E-state index in [1.54, 1.807) is 13.0 Å².